The van der Waals surface area contributed by atoms with E-state index in [1.807, 2.05) is 11.6 Å². The molecule has 3 rings (SSSR count). The third-order valence-electron chi connectivity index (χ3n) is 3.08. The second-order valence-corrected chi connectivity index (χ2v) is 5.83. The predicted octanol–water partition coefficient (Wildman–Crippen LogP) is 3.63. The zero-order chi connectivity index (χ0) is 13.2. The normalized spacial score (nSPS) is 11.3. The molecule has 0 amide bonds. The van der Waals surface area contributed by atoms with Crippen LogP contribution < -0.4 is 0 Å². The zero-order valence-corrected chi connectivity index (χ0v) is 12.2. The van der Waals surface area contributed by atoms with Gasteiger partial charge in [-0.3, -0.25) is 0 Å². The van der Waals surface area contributed by atoms with Gasteiger partial charge in [-0.05, 0) is 24.6 Å². The maximum Gasteiger partial charge on any atom is 0.112 e. The highest BCUT2D eigenvalue weighted by Gasteiger charge is 2.11. The summed E-state index contributed by atoms with van der Waals surface area (Å²) in [7, 11) is 0. The first-order valence-corrected chi connectivity index (χ1v) is 7.59. The molecule has 3 aromatic rings. The molecule has 0 atom stereocenters. The molecule has 0 aliphatic carbocycles. The van der Waals surface area contributed by atoms with E-state index in [4.69, 9.17) is 16.6 Å². The van der Waals surface area contributed by atoms with Crippen LogP contribution in [0.15, 0.2) is 29.8 Å². The van der Waals surface area contributed by atoms with Gasteiger partial charge in [0.15, 0.2) is 0 Å². The molecule has 0 saturated carbocycles. The SMILES string of the molecule is Cc1ccc2c(c1)nc(CCCl)n2Cc1nccs1. The third kappa shape index (κ3) is 2.51. The molecule has 98 valence electrons. The summed E-state index contributed by atoms with van der Waals surface area (Å²) >= 11 is 7.55. The number of hydrogen-bond acceptors (Lipinski definition) is 3. The molecule has 0 aliphatic rings. The fraction of sp³-hybridized carbons (Fsp3) is 0.286. The minimum absolute atomic E-state index is 0.584. The Labute approximate surface area is 120 Å². The molecule has 2 aromatic heterocycles. The van der Waals surface area contributed by atoms with Crippen LogP contribution in [0.5, 0.6) is 0 Å². The molecular formula is C14H14ClN3S. The van der Waals surface area contributed by atoms with Gasteiger partial charge < -0.3 is 4.57 Å². The van der Waals surface area contributed by atoms with E-state index >= 15 is 0 Å². The van der Waals surface area contributed by atoms with Crippen molar-refractivity contribution in [2.24, 2.45) is 0 Å². The van der Waals surface area contributed by atoms with Gasteiger partial charge in [-0.2, -0.15) is 0 Å². The maximum absolute atomic E-state index is 5.88. The Morgan fingerprint density at radius 1 is 1.37 bits per heavy atom. The van der Waals surface area contributed by atoms with Crippen molar-refractivity contribution in [2.45, 2.75) is 19.9 Å². The van der Waals surface area contributed by atoms with Crippen molar-refractivity contribution >= 4 is 34.0 Å². The number of rotatable bonds is 4. The fourth-order valence-electron chi connectivity index (χ4n) is 2.21. The minimum atomic E-state index is 0.584. The van der Waals surface area contributed by atoms with Gasteiger partial charge in [0.2, 0.25) is 0 Å². The molecule has 0 unspecified atom stereocenters. The minimum Gasteiger partial charge on any atom is -0.321 e. The fourth-order valence-corrected chi connectivity index (χ4v) is 2.98. The van der Waals surface area contributed by atoms with Crippen LogP contribution in [0.4, 0.5) is 0 Å². The molecule has 1 aromatic carbocycles. The quantitative estimate of drug-likeness (QED) is 0.687. The van der Waals surface area contributed by atoms with Crippen molar-refractivity contribution in [3.05, 3.63) is 46.2 Å². The molecule has 19 heavy (non-hydrogen) atoms. The average Bonchev–Trinajstić information content (AvgIpc) is 2.99. The molecule has 5 heteroatoms. The van der Waals surface area contributed by atoms with E-state index in [0.29, 0.717) is 5.88 Å². The second kappa shape index (κ2) is 5.31. The summed E-state index contributed by atoms with van der Waals surface area (Å²) in [6, 6.07) is 6.36. The molecule has 2 heterocycles. The summed E-state index contributed by atoms with van der Waals surface area (Å²) in [6.45, 7) is 2.85. The van der Waals surface area contributed by atoms with Gasteiger partial charge in [-0.15, -0.1) is 22.9 Å². The van der Waals surface area contributed by atoms with Crippen molar-refractivity contribution in [2.75, 3.05) is 5.88 Å². The van der Waals surface area contributed by atoms with Crippen molar-refractivity contribution in [3.8, 4) is 0 Å². The lowest BCUT2D eigenvalue weighted by Crippen LogP contribution is -2.05. The summed E-state index contributed by atoms with van der Waals surface area (Å²) in [5, 5.41) is 3.09. The van der Waals surface area contributed by atoms with E-state index in [1.165, 1.54) is 5.56 Å². The van der Waals surface area contributed by atoms with Gasteiger partial charge >= 0.3 is 0 Å². The monoisotopic (exact) mass is 291 g/mol. The van der Waals surface area contributed by atoms with Crippen molar-refractivity contribution in [3.63, 3.8) is 0 Å². The standard InChI is InChI=1S/C14H14ClN3S/c1-10-2-3-12-11(8-10)17-13(4-5-15)18(12)9-14-16-6-7-19-14/h2-3,6-8H,4-5,9H2,1H3. The average molecular weight is 292 g/mol. The van der Waals surface area contributed by atoms with Gasteiger partial charge in [0.1, 0.15) is 10.8 Å². The summed E-state index contributed by atoms with van der Waals surface area (Å²) in [4.78, 5) is 9.05. The van der Waals surface area contributed by atoms with E-state index in [2.05, 4.69) is 34.7 Å². The van der Waals surface area contributed by atoms with Crippen LogP contribution in [0, 0.1) is 6.92 Å². The molecule has 0 saturated heterocycles. The first-order valence-electron chi connectivity index (χ1n) is 6.18. The van der Waals surface area contributed by atoms with Crippen LogP contribution in [-0.2, 0) is 13.0 Å². The number of aromatic nitrogens is 3. The number of alkyl halides is 1. The van der Waals surface area contributed by atoms with Crippen molar-refractivity contribution in [1.82, 2.24) is 14.5 Å². The van der Waals surface area contributed by atoms with Crippen molar-refractivity contribution < 1.29 is 0 Å². The first-order chi connectivity index (χ1) is 9.28. The highest BCUT2D eigenvalue weighted by molar-refractivity contribution is 7.09. The molecule has 0 spiro atoms. The van der Waals surface area contributed by atoms with E-state index < -0.39 is 0 Å². The number of fused-ring (bicyclic) bond motifs is 1. The van der Waals surface area contributed by atoms with Crippen LogP contribution in [0.1, 0.15) is 16.4 Å². The van der Waals surface area contributed by atoms with Gasteiger partial charge in [-0.1, -0.05) is 6.07 Å². The molecular weight excluding hydrogens is 278 g/mol. The number of hydrogen-bond donors (Lipinski definition) is 0. The highest BCUT2D eigenvalue weighted by atomic mass is 35.5. The number of imidazole rings is 1. The summed E-state index contributed by atoms with van der Waals surface area (Å²) < 4.78 is 2.22. The smallest absolute Gasteiger partial charge is 0.112 e. The molecule has 3 nitrogen and oxygen atoms in total. The Morgan fingerprint density at radius 2 is 2.26 bits per heavy atom. The van der Waals surface area contributed by atoms with Crippen molar-refractivity contribution in [1.29, 1.82) is 0 Å². The number of aryl methyl sites for hydroxylation is 2. The lowest BCUT2D eigenvalue weighted by atomic mass is 10.2. The molecule has 0 radical (unpaired) electrons. The molecule has 0 aliphatic heterocycles. The Morgan fingerprint density at radius 3 is 3.00 bits per heavy atom. The Hall–Kier alpha value is -1.39. The van der Waals surface area contributed by atoms with E-state index in [0.717, 1.165) is 34.8 Å². The summed E-state index contributed by atoms with van der Waals surface area (Å²) in [5.74, 6) is 1.62. The van der Waals surface area contributed by atoms with Crippen LogP contribution in [0.2, 0.25) is 0 Å². The maximum atomic E-state index is 5.88. The van der Waals surface area contributed by atoms with E-state index in [9.17, 15) is 0 Å². The zero-order valence-electron chi connectivity index (χ0n) is 10.6. The van der Waals surface area contributed by atoms with E-state index in [1.54, 1.807) is 11.3 Å². The topological polar surface area (TPSA) is 30.7 Å². The number of thiazole rings is 1. The number of nitrogens with zero attached hydrogens (tertiary/aromatic N) is 3. The largest absolute Gasteiger partial charge is 0.321 e. The van der Waals surface area contributed by atoms with Crippen LogP contribution in [-0.4, -0.2) is 20.4 Å². The molecule has 0 N–H and O–H groups in total. The van der Waals surface area contributed by atoms with Gasteiger partial charge in [0, 0.05) is 23.9 Å². The lowest BCUT2D eigenvalue weighted by Gasteiger charge is -2.06. The first kappa shape index (κ1) is 12.6. The Kier molecular flexibility index (Phi) is 3.53. The van der Waals surface area contributed by atoms with Gasteiger partial charge in [0.25, 0.3) is 0 Å². The third-order valence-corrected chi connectivity index (χ3v) is 4.03. The van der Waals surface area contributed by atoms with Gasteiger partial charge in [-0.25, -0.2) is 9.97 Å². The Balaban J connectivity index is 2.10. The number of halogens is 1. The number of benzene rings is 1. The van der Waals surface area contributed by atoms with E-state index in [-0.39, 0.29) is 0 Å². The summed E-state index contributed by atoms with van der Waals surface area (Å²) in [5.41, 5.74) is 3.42. The van der Waals surface area contributed by atoms with Gasteiger partial charge in [0.05, 0.1) is 17.6 Å². The second-order valence-electron chi connectivity index (χ2n) is 4.47. The van der Waals surface area contributed by atoms with Crippen LogP contribution >= 0.6 is 22.9 Å². The summed E-state index contributed by atoms with van der Waals surface area (Å²) in [6.07, 6.45) is 2.62. The molecule has 0 bridgehead atoms. The predicted molar refractivity (Wildman–Crippen MR) is 80.1 cm³/mol. The lowest BCUT2D eigenvalue weighted by molar-refractivity contribution is 0.750. The van der Waals surface area contributed by atoms with Crippen LogP contribution in [0.3, 0.4) is 0 Å². The highest BCUT2D eigenvalue weighted by Crippen LogP contribution is 2.20. The molecule has 0 fully saturated rings. The van der Waals surface area contributed by atoms with Crippen LogP contribution in [0.25, 0.3) is 11.0 Å². The Bertz CT molecular complexity index is 688.